The summed E-state index contributed by atoms with van der Waals surface area (Å²) in [5, 5.41) is 10.2. The van der Waals surface area contributed by atoms with Crippen LogP contribution in [0.1, 0.15) is 6.92 Å². The predicted octanol–water partition coefficient (Wildman–Crippen LogP) is -1.28. The van der Waals surface area contributed by atoms with E-state index in [0.29, 0.717) is 0 Å². The maximum Gasteiger partial charge on any atom is 0.0293 e. The molecule has 0 saturated carbocycles. The maximum absolute atomic E-state index is 10.2. The SMILES string of the molecule is CN=C([O-])[C@H](C)N. The van der Waals surface area contributed by atoms with Crippen LogP contribution in [0, 0.1) is 0 Å². The molecule has 0 aliphatic carbocycles. The average Bonchev–Trinajstić information content (AvgIpc) is 1.65. The van der Waals surface area contributed by atoms with Crippen molar-refractivity contribution in [1.29, 1.82) is 0 Å². The number of nitrogens with two attached hydrogens (primary N) is 1. The Morgan fingerprint density at radius 2 is 2.29 bits per heavy atom. The van der Waals surface area contributed by atoms with Gasteiger partial charge in [0, 0.05) is 13.1 Å². The largest absolute Gasteiger partial charge is 0.861 e. The molecule has 0 rings (SSSR count). The fraction of sp³-hybridized carbons (Fsp3) is 0.750. The summed E-state index contributed by atoms with van der Waals surface area (Å²) in [6, 6.07) is -0.440. The summed E-state index contributed by atoms with van der Waals surface area (Å²) in [7, 11) is 1.44. The highest BCUT2D eigenvalue weighted by molar-refractivity contribution is 5.76. The van der Waals surface area contributed by atoms with E-state index in [9.17, 15) is 5.11 Å². The number of rotatable bonds is 1. The Morgan fingerprint density at radius 3 is 2.29 bits per heavy atom. The normalized spacial score (nSPS) is 16.7. The van der Waals surface area contributed by atoms with Gasteiger partial charge in [0.2, 0.25) is 0 Å². The molecule has 0 unspecified atom stereocenters. The Balaban J connectivity index is 3.56. The first kappa shape index (κ1) is 6.43. The molecule has 0 aromatic carbocycles. The molecular formula is C4H9N2O-. The zero-order chi connectivity index (χ0) is 5.86. The summed E-state index contributed by atoms with van der Waals surface area (Å²) in [6.45, 7) is 1.61. The molecule has 0 fully saturated rings. The van der Waals surface area contributed by atoms with E-state index in [1.54, 1.807) is 6.92 Å². The van der Waals surface area contributed by atoms with Crippen molar-refractivity contribution < 1.29 is 5.11 Å². The van der Waals surface area contributed by atoms with Crippen LogP contribution in [0.25, 0.3) is 0 Å². The summed E-state index contributed by atoms with van der Waals surface area (Å²) in [5.74, 6) is -0.250. The third kappa shape index (κ3) is 2.17. The van der Waals surface area contributed by atoms with E-state index in [-0.39, 0.29) is 5.90 Å². The lowest BCUT2D eigenvalue weighted by molar-refractivity contribution is -0.220. The van der Waals surface area contributed by atoms with Crippen molar-refractivity contribution in [2.24, 2.45) is 10.7 Å². The summed E-state index contributed by atoms with van der Waals surface area (Å²) in [5.41, 5.74) is 5.10. The van der Waals surface area contributed by atoms with E-state index in [4.69, 9.17) is 5.73 Å². The lowest BCUT2D eigenvalue weighted by Gasteiger charge is -2.11. The topological polar surface area (TPSA) is 61.4 Å². The number of hydrogen-bond donors (Lipinski definition) is 1. The first-order valence-corrected chi connectivity index (χ1v) is 2.07. The van der Waals surface area contributed by atoms with Gasteiger partial charge in [0.25, 0.3) is 0 Å². The van der Waals surface area contributed by atoms with Crippen LogP contribution in [0.5, 0.6) is 0 Å². The van der Waals surface area contributed by atoms with Crippen molar-refractivity contribution in [3.63, 3.8) is 0 Å². The van der Waals surface area contributed by atoms with Crippen molar-refractivity contribution >= 4 is 5.90 Å². The van der Waals surface area contributed by atoms with Gasteiger partial charge in [-0.3, -0.25) is 0 Å². The van der Waals surface area contributed by atoms with E-state index >= 15 is 0 Å². The molecule has 1 atom stereocenters. The Morgan fingerprint density at radius 1 is 1.86 bits per heavy atom. The maximum atomic E-state index is 10.2. The van der Waals surface area contributed by atoms with Crippen LogP contribution in [0.2, 0.25) is 0 Å². The first-order chi connectivity index (χ1) is 3.18. The molecule has 0 amide bonds. The minimum atomic E-state index is -0.440. The molecule has 0 aromatic heterocycles. The van der Waals surface area contributed by atoms with Gasteiger partial charge in [0.05, 0.1) is 0 Å². The van der Waals surface area contributed by atoms with Crippen LogP contribution < -0.4 is 10.8 Å². The van der Waals surface area contributed by atoms with Gasteiger partial charge in [-0.05, 0) is 12.8 Å². The van der Waals surface area contributed by atoms with E-state index < -0.39 is 6.04 Å². The minimum Gasteiger partial charge on any atom is -0.861 e. The van der Waals surface area contributed by atoms with Crippen LogP contribution in [0.4, 0.5) is 0 Å². The Hall–Kier alpha value is -0.570. The minimum absolute atomic E-state index is 0.250. The molecule has 0 spiro atoms. The second kappa shape index (κ2) is 2.58. The second-order valence-corrected chi connectivity index (χ2v) is 1.35. The number of nitrogens with zero attached hydrogens (tertiary/aromatic N) is 1. The van der Waals surface area contributed by atoms with Gasteiger partial charge in [-0.1, -0.05) is 0 Å². The van der Waals surface area contributed by atoms with E-state index in [1.807, 2.05) is 0 Å². The molecule has 0 radical (unpaired) electrons. The van der Waals surface area contributed by atoms with Crippen molar-refractivity contribution in [3.8, 4) is 0 Å². The van der Waals surface area contributed by atoms with Crippen LogP contribution in [-0.4, -0.2) is 19.0 Å². The van der Waals surface area contributed by atoms with Crippen LogP contribution in [-0.2, 0) is 0 Å². The van der Waals surface area contributed by atoms with E-state index in [1.165, 1.54) is 7.05 Å². The summed E-state index contributed by atoms with van der Waals surface area (Å²) in [6.07, 6.45) is 0. The molecule has 7 heavy (non-hydrogen) atoms. The lowest BCUT2D eigenvalue weighted by Crippen LogP contribution is -2.36. The van der Waals surface area contributed by atoms with Gasteiger partial charge in [-0.2, -0.15) is 0 Å². The number of aliphatic imine (C=N–C) groups is 1. The molecule has 0 heterocycles. The predicted molar refractivity (Wildman–Crippen MR) is 27.0 cm³/mol. The Kier molecular flexibility index (Phi) is 2.37. The van der Waals surface area contributed by atoms with Crippen molar-refractivity contribution in [1.82, 2.24) is 0 Å². The van der Waals surface area contributed by atoms with Gasteiger partial charge < -0.3 is 15.8 Å². The van der Waals surface area contributed by atoms with Crippen LogP contribution >= 0.6 is 0 Å². The smallest absolute Gasteiger partial charge is 0.0293 e. The lowest BCUT2D eigenvalue weighted by atomic mass is 10.4. The van der Waals surface area contributed by atoms with Crippen molar-refractivity contribution in [3.05, 3.63) is 0 Å². The van der Waals surface area contributed by atoms with E-state index in [2.05, 4.69) is 4.99 Å². The highest BCUT2D eigenvalue weighted by Gasteiger charge is 1.85. The summed E-state index contributed by atoms with van der Waals surface area (Å²) in [4.78, 5) is 3.32. The van der Waals surface area contributed by atoms with Gasteiger partial charge >= 0.3 is 0 Å². The van der Waals surface area contributed by atoms with Gasteiger partial charge in [0.15, 0.2) is 0 Å². The quantitative estimate of drug-likeness (QED) is 0.330. The second-order valence-electron chi connectivity index (χ2n) is 1.35. The molecule has 0 aliphatic rings. The first-order valence-electron chi connectivity index (χ1n) is 2.07. The van der Waals surface area contributed by atoms with Gasteiger partial charge in [0.1, 0.15) is 0 Å². The molecule has 0 aromatic rings. The molecule has 0 aliphatic heterocycles. The monoisotopic (exact) mass is 101 g/mol. The third-order valence-electron chi connectivity index (χ3n) is 0.610. The molecule has 2 N–H and O–H groups in total. The average molecular weight is 101 g/mol. The Labute approximate surface area is 42.9 Å². The summed E-state index contributed by atoms with van der Waals surface area (Å²) >= 11 is 0. The van der Waals surface area contributed by atoms with Gasteiger partial charge in [-0.15, -0.1) is 0 Å². The molecule has 3 nitrogen and oxygen atoms in total. The molecule has 0 saturated heterocycles. The van der Waals surface area contributed by atoms with Crippen molar-refractivity contribution in [2.75, 3.05) is 7.05 Å². The zero-order valence-electron chi connectivity index (χ0n) is 4.51. The molecule has 0 bridgehead atoms. The zero-order valence-corrected chi connectivity index (χ0v) is 4.51. The van der Waals surface area contributed by atoms with Crippen molar-refractivity contribution in [2.45, 2.75) is 13.0 Å². The molecular weight excluding hydrogens is 92.1 g/mol. The standard InChI is InChI=1S/C4H10N2O/c1-3(5)4(7)6-2/h3H,5H2,1-2H3,(H,6,7)/p-1/t3-/m0/s1. The highest BCUT2D eigenvalue weighted by Crippen LogP contribution is 1.70. The van der Waals surface area contributed by atoms with Crippen LogP contribution in [0.3, 0.4) is 0 Å². The Bertz CT molecular complexity index is 77.8. The molecule has 42 valence electrons. The molecule has 3 heteroatoms. The fourth-order valence-corrected chi connectivity index (χ4v) is 0.204. The third-order valence-corrected chi connectivity index (χ3v) is 0.610. The van der Waals surface area contributed by atoms with Crippen LogP contribution in [0.15, 0.2) is 4.99 Å². The van der Waals surface area contributed by atoms with E-state index in [0.717, 1.165) is 0 Å². The highest BCUT2D eigenvalue weighted by atomic mass is 16.3. The fourth-order valence-electron chi connectivity index (χ4n) is 0.204. The summed E-state index contributed by atoms with van der Waals surface area (Å²) < 4.78 is 0. The number of hydrogen-bond acceptors (Lipinski definition) is 3. The van der Waals surface area contributed by atoms with Gasteiger partial charge in [-0.25, -0.2) is 0 Å².